The number of nitrogens with zero attached hydrogens (tertiary/aromatic N) is 1. The summed E-state index contributed by atoms with van der Waals surface area (Å²) in [5.41, 5.74) is 4.29. The molecule has 126 valence electrons. The summed E-state index contributed by atoms with van der Waals surface area (Å²) in [4.78, 5) is 4.37. The van der Waals surface area contributed by atoms with E-state index < -0.39 is 0 Å². The fourth-order valence-corrected chi connectivity index (χ4v) is 2.21. The molecule has 0 radical (unpaired) electrons. The van der Waals surface area contributed by atoms with Gasteiger partial charge in [-0.15, -0.1) is 0 Å². The number of hydrogen-bond acceptors (Lipinski definition) is 4. The number of aromatic nitrogens is 1. The summed E-state index contributed by atoms with van der Waals surface area (Å²) in [7, 11) is 0. The SMILES string of the molecule is C=C(C)c1ccc(NC(=C)c2cc(CO)cc(OC(C)C)c2)nc1. The molecule has 0 atom stereocenters. The van der Waals surface area contributed by atoms with Crippen LogP contribution < -0.4 is 10.1 Å². The number of anilines is 1. The van der Waals surface area contributed by atoms with Crippen LogP contribution in [0.25, 0.3) is 11.3 Å². The summed E-state index contributed by atoms with van der Waals surface area (Å²) < 4.78 is 5.73. The maximum absolute atomic E-state index is 9.45. The minimum atomic E-state index is -0.0544. The number of hydrogen-bond donors (Lipinski definition) is 2. The highest BCUT2D eigenvalue weighted by atomic mass is 16.5. The Morgan fingerprint density at radius 1 is 1.21 bits per heavy atom. The summed E-state index contributed by atoms with van der Waals surface area (Å²) in [5.74, 6) is 1.41. The van der Waals surface area contributed by atoms with Crippen LogP contribution in [-0.2, 0) is 6.61 Å². The van der Waals surface area contributed by atoms with Crippen molar-refractivity contribution in [1.82, 2.24) is 4.98 Å². The van der Waals surface area contributed by atoms with E-state index in [1.165, 1.54) is 0 Å². The Morgan fingerprint density at radius 2 is 1.96 bits per heavy atom. The highest BCUT2D eigenvalue weighted by Gasteiger charge is 2.07. The zero-order valence-corrected chi connectivity index (χ0v) is 14.5. The van der Waals surface area contributed by atoms with E-state index in [9.17, 15) is 5.11 Å². The van der Waals surface area contributed by atoms with Crippen molar-refractivity contribution in [3.63, 3.8) is 0 Å². The second kappa shape index (κ2) is 7.79. The van der Waals surface area contributed by atoms with Crippen LogP contribution in [0.4, 0.5) is 5.82 Å². The van der Waals surface area contributed by atoms with Crippen LogP contribution in [0, 0.1) is 0 Å². The quantitative estimate of drug-likeness (QED) is 0.788. The van der Waals surface area contributed by atoms with Gasteiger partial charge in [-0.1, -0.05) is 13.2 Å². The molecule has 0 amide bonds. The molecule has 1 aromatic carbocycles. The summed E-state index contributed by atoms with van der Waals surface area (Å²) >= 11 is 0. The molecule has 4 nitrogen and oxygen atoms in total. The summed E-state index contributed by atoms with van der Waals surface area (Å²) in [6, 6.07) is 9.46. The minimum Gasteiger partial charge on any atom is -0.491 e. The Bertz CT molecular complexity index is 734. The highest BCUT2D eigenvalue weighted by Crippen LogP contribution is 2.24. The summed E-state index contributed by atoms with van der Waals surface area (Å²) in [5, 5.41) is 12.6. The maximum atomic E-state index is 9.45. The summed E-state index contributed by atoms with van der Waals surface area (Å²) in [6.45, 7) is 13.8. The van der Waals surface area contributed by atoms with Crippen molar-refractivity contribution in [2.45, 2.75) is 33.5 Å². The molecule has 0 aliphatic rings. The first-order chi connectivity index (χ1) is 11.4. The molecule has 24 heavy (non-hydrogen) atoms. The van der Waals surface area contributed by atoms with E-state index in [1.807, 2.05) is 51.1 Å². The van der Waals surface area contributed by atoms with Gasteiger partial charge in [-0.2, -0.15) is 0 Å². The minimum absolute atomic E-state index is 0.0544. The van der Waals surface area contributed by atoms with Crippen LogP contribution in [0.1, 0.15) is 37.5 Å². The molecule has 2 rings (SSSR count). The van der Waals surface area contributed by atoms with Crippen molar-refractivity contribution in [2.24, 2.45) is 0 Å². The molecule has 0 saturated heterocycles. The van der Waals surface area contributed by atoms with Gasteiger partial charge in [-0.25, -0.2) is 4.98 Å². The Kier molecular flexibility index (Phi) is 5.77. The van der Waals surface area contributed by atoms with Crippen molar-refractivity contribution in [1.29, 1.82) is 0 Å². The Hall–Kier alpha value is -2.59. The third kappa shape index (κ3) is 4.70. The van der Waals surface area contributed by atoms with Crippen molar-refractivity contribution in [3.8, 4) is 5.75 Å². The Morgan fingerprint density at radius 3 is 2.50 bits per heavy atom. The largest absolute Gasteiger partial charge is 0.491 e. The molecule has 0 unspecified atom stereocenters. The first kappa shape index (κ1) is 17.8. The number of aliphatic hydroxyl groups excluding tert-OH is 1. The van der Waals surface area contributed by atoms with Gasteiger partial charge in [0, 0.05) is 17.5 Å². The fourth-order valence-electron chi connectivity index (χ4n) is 2.21. The Labute approximate surface area is 143 Å². The molecule has 2 aromatic rings. The molecule has 0 bridgehead atoms. The predicted molar refractivity (Wildman–Crippen MR) is 99.7 cm³/mol. The van der Waals surface area contributed by atoms with Crippen LogP contribution in [-0.4, -0.2) is 16.2 Å². The highest BCUT2D eigenvalue weighted by molar-refractivity contribution is 5.75. The van der Waals surface area contributed by atoms with Gasteiger partial charge < -0.3 is 15.2 Å². The Balaban J connectivity index is 2.20. The topological polar surface area (TPSA) is 54.4 Å². The number of benzene rings is 1. The van der Waals surface area contributed by atoms with Gasteiger partial charge in [-0.3, -0.25) is 0 Å². The van der Waals surface area contributed by atoms with Gasteiger partial charge in [0.05, 0.1) is 12.7 Å². The van der Waals surface area contributed by atoms with E-state index in [4.69, 9.17) is 4.74 Å². The van der Waals surface area contributed by atoms with Crippen LogP contribution in [0.2, 0.25) is 0 Å². The van der Waals surface area contributed by atoms with E-state index >= 15 is 0 Å². The van der Waals surface area contributed by atoms with Crippen molar-refractivity contribution in [2.75, 3.05) is 5.32 Å². The van der Waals surface area contributed by atoms with Crippen molar-refractivity contribution >= 4 is 17.1 Å². The van der Waals surface area contributed by atoms with Gasteiger partial charge in [-0.05, 0) is 67.8 Å². The zero-order valence-electron chi connectivity index (χ0n) is 14.5. The molecule has 0 fully saturated rings. The lowest BCUT2D eigenvalue weighted by Gasteiger charge is -2.15. The van der Waals surface area contributed by atoms with Gasteiger partial charge in [0.15, 0.2) is 0 Å². The van der Waals surface area contributed by atoms with Crippen LogP contribution in [0.15, 0.2) is 49.7 Å². The van der Waals surface area contributed by atoms with E-state index in [0.29, 0.717) is 17.3 Å². The lowest BCUT2D eigenvalue weighted by molar-refractivity contribution is 0.240. The molecular weight excluding hydrogens is 300 g/mol. The third-order valence-corrected chi connectivity index (χ3v) is 3.40. The molecular formula is C20H24N2O2. The average Bonchev–Trinajstić information content (AvgIpc) is 2.54. The molecule has 0 spiro atoms. The number of rotatable bonds is 7. The normalized spacial score (nSPS) is 10.5. The fraction of sp³-hybridized carbons (Fsp3) is 0.250. The number of nitrogens with one attached hydrogen (secondary N) is 1. The second-order valence-corrected chi connectivity index (χ2v) is 6.01. The van der Waals surface area contributed by atoms with Crippen LogP contribution in [0.5, 0.6) is 5.75 Å². The number of aliphatic hydroxyl groups is 1. The maximum Gasteiger partial charge on any atom is 0.130 e. The van der Waals surface area contributed by atoms with Gasteiger partial charge in [0.1, 0.15) is 11.6 Å². The van der Waals surface area contributed by atoms with E-state index in [2.05, 4.69) is 23.5 Å². The third-order valence-electron chi connectivity index (χ3n) is 3.40. The standard InChI is InChI=1S/C20H24N2O2/c1-13(2)17-6-7-20(21-11-17)22-15(5)18-8-16(12-23)9-19(10-18)24-14(3)4/h6-11,14,23H,1,5,12H2,2-4H3,(H,21,22). The molecule has 0 saturated carbocycles. The van der Waals surface area contributed by atoms with E-state index in [0.717, 1.165) is 22.3 Å². The van der Waals surface area contributed by atoms with Crippen LogP contribution >= 0.6 is 0 Å². The van der Waals surface area contributed by atoms with E-state index in [1.54, 1.807) is 6.20 Å². The van der Waals surface area contributed by atoms with E-state index in [-0.39, 0.29) is 12.7 Å². The number of pyridine rings is 1. The molecule has 1 heterocycles. The number of ether oxygens (including phenoxy) is 1. The second-order valence-electron chi connectivity index (χ2n) is 6.01. The predicted octanol–water partition coefficient (Wildman–Crippen LogP) is 4.48. The van der Waals surface area contributed by atoms with Crippen LogP contribution in [0.3, 0.4) is 0 Å². The lowest BCUT2D eigenvalue weighted by Crippen LogP contribution is -2.07. The van der Waals surface area contributed by atoms with Gasteiger partial charge in [0.25, 0.3) is 0 Å². The summed E-state index contributed by atoms with van der Waals surface area (Å²) in [6.07, 6.45) is 1.83. The molecule has 0 aliphatic heterocycles. The first-order valence-corrected chi connectivity index (χ1v) is 7.88. The first-order valence-electron chi connectivity index (χ1n) is 7.88. The smallest absolute Gasteiger partial charge is 0.130 e. The molecule has 2 N–H and O–H groups in total. The zero-order chi connectivity index (χ0) is 17.7. The van der Waals surface area contributed by atoms with Gasteiger partial charge in [0.2, 0.25) is 0 Å². The average molecular weight is 324 g/mol. The van der Waals surface area contributed by atoms with Gasteiger partial charge >= 0.3 is 0 Å². The van der Waals surface area contributed by atoms with Crippen molar-refractivity contribution < 1.29 is 9.84 Å². The van der Waals surface area contributed by atoms with Crippen molar-refractivity contribution in [3.05, 3.63) is 66.4 Å². The monoisotopic (exact) mass is 324 g/mol. The lowest BCUT2D eigenvalue weighted by atomic mass is 10.1. The molecule has 0 aliphatic carbocycles. The molecule has 1 aromatic heterocycles. The number of allylic oxidation sites excluding steroid dienone is 1. The molecule has 4 heteroatoms.